The quantitative estimate of drug-likeness (QED) is 0.771. The highest BCUT2D eigenvalue weighted by Crippen LogP contribution is 2.38. The molecule has 0 spiro atoms. The molecule has 20 heavy (non-hydrogen) atoms. The van der Waals surface area contributed by atoms with Crippen LogP contribution in [-0.4, -0.2) is 37.2 Å². The van der Waals surface area contributed by atoms with E-state index in [1.807, 2.05) is 6.07 Å². The second-order valence-electron chi connectivity index (χ2n) is 5.16. The number of nitrogens with zero attached hydrogens (tertiary/aromatic N) is 1. The first-order valence-corrected chi connectivity index (χ1v) is 10.6. The highest BCUT2D eigenvalue weighted by atomic mass is 79.9. The summed E-state index contributed by atoms with van der Waals surface area (Å²) in [5.41, 5.74) is 0.873. The molecule has 2 unspecified atom stereocenters. The van der Waals surface area contributed by atoms with Crippen molar-refractivity contribution in [2.24, 2.45) is 5.92 Å². The first-order chi connectivity index (χ1) is 9.27. The van der Waals surface area contributed by atoms with Gasteiger partial charge in [0.2, 0.25) is 10.0 Å². The van der Waals surface area contributed by atoms with E-state index in [0.29, 0.717) is 19.5 Å². The highest BCUT2D eigenvalue weighted by molar-refractivity contribution is 9.12. The zero-order valence-electron chi connectivity index (χ0n) is 11.1. The van der Waals surface area contributed by atoms with Crippen LogP contribution in [0.4, 0.5) is 0 Å². The number of aliphatic hydroxyl groups is 1. The Morgan fingerprint density at radius 2 is 2.25 bits per heavy atom. The predicted molar refractivity (Wildman–Crippen MR) is 88.4 cm³/mol. The maximum atomic E-state index is 11.6. The molecule has 8 heteroatoms. The standard InChI is InChI=1S/C12H17Br2NO3S2/c1-20(17,18)15-4-2-3-8(7-15)5-10(16)9-6-11(13)19-12(9)14/h6,8,10,16H,2-5,7H2,1H3. The van der Waals surface area contributed by atoms with Crippen LogP contribution in [0.15, 0.2) is 13.6 Å². The zero-order valence-corrected chi connectivity index (χ0v) is 15.9. The van der Waals surface area contributed by atoms with Crippen LogP contribution in [0.2, 0.25) is 0 Å². The van der Waals surface area contributed by atoms with Crippen molar-refractivity contribution in [2.45, 2.75) is 25.4 Å². The van der Waals surface area contributed by atoms with Gasteiger partial charge in [0, 0.05) is 18.7 Å². The molecule has 2 atom stereocenters. The smallest absolute Gasteiger partial charge is 0.211 e. The fraction of sp³-hybridized carbons (Fsp3) is 0.667. The molecule has 114 valence electrons. The van der Waals surface area contributed by atoms with Gasteiger partial charge in [0.15, 0.2) is 0 Å². The first kappa shape index (κ1) is 16.9. The van der Waals surface area contributed by atoms with Gasteiger partial charge in [-0.3, -0.25) is 0 Å². The van der Waals surface area contributed by atoms with Gasteiger partial charge in [-0.15, -0.1) is 11.3 Å². The summed E-state index contributed by atoms with van der Waals surface area (Å²) < 4.78 is 26.6. The molecule has 1 aromatic heterocycles. The second-order valence-corrected chi connectivity index (χ2v) is 10.9. The summed E-state index contributed by atoms with van der Waals surface area (Å²) in [6.45, 7) is 1.11. The molecule has 0 amide bonds. The Morgan fingerprint density at radius 3 is 2.80 bits per heavy atom. The number of halogens is 2. The Kier molecular flexibility index (Phi) is 5.70. The van der Waals surface area contributed by atoms with Crippen LogP contribution in [0.1, 0.15) is 30.9 Å². The number of hydrogen-bond acceptors (Lipinski definition) is 4. The Morgan fingerprint density at radius 1 is 1.55 bits per heavy atom. The monoisotopic (exact) mass is 445 g/mol. The van der Waals surface area contributed by atoms with Crippen molar-refractivity contribution in [1.82, 2.24) is 4.31 Å². The summed E-state index contributed by atoms with van der Waals surface area (Å²) >= 11 is 8.38. The molecule has 4 nitrogen and oxygen atoms in total. The Labute approximate surface area is 140 Å². The third-order valence-corrected chi connectivity index (χ3v) is 7.20. The molecule has 0 radical (unpaired) electrons. The summed E-state index contributed by atoms with van der Waals surface area (Å²) in [7, 11) is -3.13. The van der Waals surface area contributed by atoms with E-state index in [4.69, 9.17) is 0 Å². The second kappa shape index (κ2) is 6.75. The van der Waals surface area contributed by atoms with E-state index < -0.39 is 16.1 Å². The van der Waals surface area contributed by atoms with E-state index >= 15 is 0 Å². The molecular formula is C12H17Br2NO3S2. The number of sulfonamides is 1. The molecule has 0 aromatic carbocycles. The van der Waals surface area contributed by atoms with Crippen molar-refractivity contribution in [1.29, 1.82) is 0 Å². The minimum atomic E-state index is -3.13. The Bertz CT molecular complexity index is 573. The lowest BCUT2D eigenvalue weighted by Crippen LogP contribution is -2.39. The fourth-order valence-electron chi connectivity index (χ4n) is 2.54. The normalized spacial score (nSPS) is 22.9. The first-order valence-electron chi connectivity index (χ1n) is 6.35. The van der Waals surface area contributed by atoms with Crippen LogP contribution < -0.4 is 0 Å². The minimum absolute atomic E-state index is 0.207. The van der Waals surface area contributed by atoms with Gasteiger partial charge in [0.25, 0.3) is 0 Å². The van der Waals surface area contributed by atoms with Gasteiger partial charge < -0.3 is 5.11 Å². The van der Waals surface area contributed by atoms with Crippen LogP contribution >= 0.6 is 43.2 Å². The molecule has 0 saturated carbocycles. The lowest BCUT2D eigenvalue weighted by atomic mass is 9.92. The summed E-state index contributed by atoms with van der Waals surface area (Å²) in [6, 6.07) is 1.91. The average molecular weight is 447 g/mol. The molecule has 1 fully saturated rings. The van der Waals surface area contributed by atoms with Crippen LogP contribution in [0, 0.1) is 5.92 Å². The van der Waals surface area contributed by atoms with E-state index in [2.05, 4.69) is 31.9 Å². The molecule has 1 aliphatic rings. The molecule has 2 heterocycles. The maximum absolute atomic E-state index is 11.6. The molecule has 1 saturated heterocycles. The lowest BCUT2D eigenvalue weighted by molar-refractivity contribution is 0.122. The Hall–Kier alpha value is 0.530. The van der Waals surface area contributed by atoms with Crippen LogP contribution in [0.25, 0.3) is 0 Å². The fourth-order valence-corrected chi connectivity index (χ4v) is 6.44. The van der Waals surface area contributed by atoms with Crippen LogP contribution in [0.3, 0.4) is 0 Å². The van der Waals surface area contributed by atoms with Crippen molar-refractivity contribution in [3.05, 3.63) is 19.2 Å². The number of thiophene rings is 1. The van der Waals surface area contributed by atoms with Crippen LogP contribution in [-0.2, 0) is 10.0 Å². The topological polar surface area (TPSA) is 57.6 Å². The number of rotatable bonds is 4. The van der Waals surface area contributed by atoms with Crippen molar-refractivity contribution in [3.8, 4) is 0 Å². The summed E-state index contributed by atoms with van der Waals surface area (Å²) in [6.07, 6.45) is 3.10. The third-order valence-electron chi connectivity index (χ3n) is 3.55. The summed E-state index contributed by atoms with van der Waals surface area (Å²) in [5, 5.41) is 10.3. The van der Waals surface area contributed by atoms with Gasteiger partial charge in [0.1, 0.15) is 0 Å². The van der Waals surface area contributed by atoms with E-state index in [9.17, 15) is 13.5 Å². The van der Waals surface area contributed by atoms with E-state index in [1.54, 1.807) is 0 Å². The van der Waals surface area contributed by atoms with Gasteiger partial charge in [-0.05, 0) is 63.1 Å². The van der Waals surface area contributed by atoms with Gasteiger partial charge in [0.05, 0.1) is 19.9 Å². The lowest BCUT2D eigenvalue weighted by Gasteiger charge is -2.32. The molecule has 2 rings (SSSR count). The molecule has 0 aliphatic carbocycles. The number of aliphatic hydroxyl groups excluding tert-OH is 1. The van der Waals surface area contributed by atoms with Gasteiger partial charge in [-0.1, -0.05) is 0 Å². The molecule has 1 N–H and O–H groups in total. The highest BCUT2D eigenvalue weighted by Gasteiger charge is 2.28. The van der Waals surface area contributed by atoms with Gasteiger partial charge in [-0.25, -0.2) is 12.7 Å². The Balaban J connectivity index is 2.01. The van der Waals surface area contributed by atoms with E-state index in [0.717, 1.165) is 26.0 Å². The average Bonchev–Trinajstić information content (AvgIpc) is 2.68. The maximum Gasteiger partial charge on any atom is 0.211 e. The van der Waals surface area contributed by atoms with Crippen molar-refractivity contribution >= 4 is 53.2 Å². The largest absolute Gasteiger partial charge is 0.388 e. The van der Waals surface area contributed by atoms with Crippen molar-refractivity contribution < 1.29 is 13.5 Å². The van der Waals surface area contributed by atoms with Gasteiger partial charge in [-0.2, -0.15) is 0 Å². The molecule has 1 aliphatic heterocycles. The van der Waals surface area contributed by atoms with Crippen LogP contribution in [0.5, 0.6) is 0 Å². The van der Waals surface area contributed by atoms with E-state index in [-0.39, 0.29) is 5.92 Å². The summed E-state index contributed by atoms with van der Waals surface area (Å²) in [4.78, 5) is 0. The van der Waals surface area contributed by atoms with E-state index in [1.165, 1.54) is 21.9 Å². The number of hydrogen-bond donors (Lipinski definition) is 1. The molecular weight excluding hydrogens is 430 g/mol. The predicted octanol–water partition coefficient (Wildman–Crippen LogP) is 3.37. The van der Waals surface area contributed by atoms with Crippen molar-refractivity contribution in [3.63, 3.8) is 0 Å². The van der Waals surface area contributed by atoms with Crippen molar-refractivity contribution in [2.75, 3.05) is 19.3 Å². The minimum Gasteiger partial charge on any atom is -0.388 e. The van der Waals surface area contributed by atoms with Gasteiger partial charge >= 0.3 is 0 Å². The third kappa shape index (κ3) is 4.27. The molecule has 1 aromatic rings. The zero-order chi connectivity index (χ0) is 14.9. The molecule has 0 bridgehead atoms. The number of piperidine rings is 1. The summed E-state index contributed by atoms with van der Waals surface area (Å²) in [5.74, 6) is 0.207. The SMILES string of the molecule is CS(=O)(=O)N1CCCC(CC(O)c2cc(Br)sc2Br)C1.